The third kappa shape index (κ3) is 3.60. The van der Waals surface area contributed by atoms with Gasteiger partial charge in [-0.1, -0.05) is 12.1 Å². The molecule has 2 N–H and O–H groups in total. The molecule has 2 rings (SSSR count). The Morgan fingerprint density at radius 1 is 1.27 bits per heavy atom. The summed E-state index contributed by atoms with van der Waals surface area (Å²) in [5.74, 6) is -1.64. The third-order valence-corrected chi connectivity index (χ3v) is 3.01. The lowest BCUT2D eigenvalue weighted by molar-refractivity contribution is 0.0955. The smallest absolute Gasteiger partial charge is 0.271 e. The highest BCUT2D eigenvalue weighted by Crippen LogP contribution is 2.18. The van der Waals surface area contributed by atoms with Crippen molar-refractivity contribution < 1.29 is 14.3 Å². The van der Waals surface area contributed by atoms with Gasteiger partial charge in [0.2, 0.25) is 0 Å². The van der Waals surface area contributed by atoms with Gasteiger partial charge in [0.25, 0.3) is 5.91 Å². The number of hydrazone groups is 1. The average Bonchev–Trinajstić information content (AvgIpc) is 2.51. The molecule has 0 aliphatic rings. The molecule has 2 aromatic rings. The van der Waals surface area contributed by atoms with Crippen LogP contribution in [0.4, 0.5) is 10.1 Å². The summed E-state index contributed by atoms with van der Waals surface area (Å²) < 4.78 is 13.1. The zero-order valence-corrected chi connectivity index (χ0v) is 12.2. The molecule has 0 saturated carbocycles. The summed E-state index contributed by atoms with van der Waals surface area (Å²) in [6.07, 6.45) is 1.19. The molecular weight excluding hydrogens is 285 g/mol. The number of aromatic hydroxyl groups is 1. The first kappa shape index (κ1) is 15.5. The van der Waals surface area contributed by atoms with Crippen molar-refractivity contribution in [3.63, 3.8) is 0 Å². The molecule has 5 nitrogen and oxygen atoms in total. The van der Waals surface area contributed by atoms with Crippen LogP contribution in [-0.2, 0) is 0 Å². The molecule has 0 heterocycles. The number of anilines is 1. The first-order chi connectivity index (χ1) is 10.5. The fourth-order valence-corrected chi connectivity index (χ4v) is 1.79. The molecule has 0 saturated heterocycles. The molecule has 0 aromatic heterocycles. The number of halogens is 1. The number of phenolic OH excluding ortho intramolecular Hbond substituents is 1. The molecule has 1 amide bonds. The third-order valence-electron chi connectivity index (χ3n) is 3.01. The first-order valence-corrected chi connectivity index (χ1v) is 6.57. The van der Waals surface area contributed by atoms with Crippen molar-refractivity contribution in [2.45, 2.75) is 0 Å². The Morgan fingerprint density at radius 2 is 2.00 bits per heavy atom. The van der Waals surface area contributed by atoms with Crippen LogP contribution in [0.1, 0.15) is 15.9 Å². The van der Waals surface area contributed by atoms with Crippen molar-refractivity contribution in [2.75, 3.05) is 19.0 Å². The minimum Gasteiger partial charge on any atom is -0.504 e. The van der Waals surface area contributed by atoms with Crippen LogP contribution in [0, 0.1) is 5.82 Å². The number of rotatable bonds is 4. The van der Waals surface area contributed by atoms with E-state index in [1.807, 2.05) is 25.1 Å². The highest BCUT2D eigenvalue weighted by Gasteiger charge is 2.07. The highest BCUT2D eigenvalue weighted by atomic mass is 19.1. The molecule has 114 valence electrons. The van der Waals surface area contributed by atoms with Gasteiger partial charge in [0, 0.05) is 30.9 Å². The summed E-state index contributed by atoms with van der Waals surface area (Å²) in [4.78, 5) is 13.9. The van der Waals surface area contributed by atoms with Crippen LogP contribution < -0.4 is 10.3 Å². The lowest BCUT2D eigenvalue weighted by atomic mass is 10.2. The molecule has 6 heteroatoms. The van der Waals surface area contributed by atoms with Crippen LogP contribution in [0.15, 0.2) is 47.6 Å². The fraction of sp³-hybridized carbons (Fsp3) is 0.125. The van der Waals surface area contributed by atoms with E-state index in [-0.39, 0.29) is 5.56 Å². The summed E-state index contributed by atoms with van der Waals surface area (Å²) in [5, 5.41) is 13.2. The number of hydrogen-bond donors (Lipinski definition) is 2. The van der Waals surface area contributed by atoms with E-state index >= 15 is 0 Å². The summed E-state index contributed by atoms with van der Waals surface area (Å²) in [7, 11) is 3.75. The van der Waals surface area contributed by atoms with Gasteiger partial charge in [-0.05, 0) is 30.3 Å². The average molecular weight is 301 g/mol. The zero-order valence-electron chi connectivity index (χ0n) is 12.2. The highest BCUT2D eigenvalue weighted by molar-refractivity contribution is 5.96. The topological polar surface area (TPSA) is 64.9 Å². The van der Waals surface area contributed by atoms with Crippen LogP contribution in [0.5, 0.6) is 5.75 Å². The van der Waals surface area contributed by atoms with E-state index in [4.69, 9.17) is 0 Å². The second-order valence-electron chi connectivity index (χ2n) is 4.82. The quantitative estimate of drug-likeness (QED) is 0.673. The predicted molar refractivity (Wildman–Crippen MR) is 83.9 cm³/mol. The summed E-state index contributed by atoms with van der Waals surface area (Å²) in [5.41, 5.74) is 3.86. The molecule has 0 fully saturated rings. The summed E-state index contributed by atoms with van der Waals surface area (Å²) in [6.45, 7) is 0. The Labute approximate surface area is 127 Å². The van der Waals surface area contributed by atoms with Gasteiger partial charge in [-0.2, -0.15) is 5.10 Å². The van der Waals surface area contributed by atoms with Crippen LogP contribution in [0.2, 0.25) is 0 Å². The van der Waals surface area contributed by atoms with Gasteiger partial charge in [0.05, 0.1) is 6.21 Å². The molecule has 0 aliphatic heterocycles. The van der Waals surface area contributed by atoms with Crippen molar-refractivity contribution in [2.24, 2.45) is 5.10 Å². The van der Waals surface area contributed by atoms with Crippen molar-refractivity contribution in [1.82, 2.24) is 5.43 Å². The van der Waals surface area contributed by atoms with Gasteiger partial charge >= 0.3 is 0 Å². The Bertz CT molecular complexity index is 714. The molecule has 22 heavy (non-hydrogen) atoms. The second kappa shape index (κ2) is 6.71. The summed E-state index contributed by atoms with van der Waals surface area (Å²) in [6, 6.07) is 11.1. The van der Waals surface area contributed by atoms with Crippen LogP contribution in [0.25, 0.3) is 0 Å². The van der Waals surface area contributed by atoms with Gasteiger partial charge in [0.1, 0.15) is 0 Å². The SMILES string of the molecule is CN(C)c1cccc(C(=O)N/N=C/c2cccc(F)c2O)c1. The van der Waals surface area contributed by atoms with E-state index in [0.717, 1.165) is 11.8 Å². The van der Waals surface area contributed by atoms with E-state index in [2.05, 4.69) is 10.5 Å². The van der Waals surface area contributed by atoms with Gasteiger partial charge in [-0.15, -0.1) is 0 Å². The minimum atomic E-state index is -0.742. The number of carbonyl (C=O) groups excluding carboxylic acids is 1. The Hall–Kier alpha value is -2.89. The molecule has 0 atom stereocenters. The molecule has 0 aliphatic carbocycles. The standard InChI is InChI=1S/C16H16FN3O2/c1-20(2)13-7-3-5-11(9-13)16(22)19-18-10-12-6-4-8-14(17)15(12)21/h3-10,21H,1-2H3,(H,19,22)/b18-10+. The van der Waals surface area contributed by atoms with E-state index in [1.165, 1.54) is 18.3 Å². The first-order valence-electron chi connectivity index (χ1n) is 6.57. The molecule has 0 unspecified atom stereocenters. The molecular formula is C16H16FN3O2. The number of benzene rings is 2. The van der Waals surface area contributed by atoms with Gasteiger partial charge in [-0.25, -0.2) is 9.82 Å². The van der Waals surface area contributed by atoms with Crippen molar-refractivity contribution in [1.29, 1.82) is 0 Å². The second-order valence-corrected chi connectivity index (χ2v) is 4.82. The number of hydrogen-bond acceptors (Lipinski definition) is 4. The van der Waals surface area contributed by atoms with Crippen LogP contribution in [0.3, 0.4) is 0 Å². The normalized spacial score (nSPS) is 10.7. The number of phenols is 1. The van der Waals surface area contributed by atoms with Gasteiger partial charge in [0.15, 0.2) is 11.6 Å². The largest absolute Gasteiger partial charge is 0.504 e. The minimum absolute atomic E-state index is 0.183. The Balaban J connectivity index is 2.08. The maximum Gasteiger partial charge on any atom is 0.271 e. The van der Waals surface area contributed by atoms with Crippen molar-refractivity contribution in [3.8, 4) is 5.75 Å². The predicted octanol–water partition coefficient (Wildman–Crippen LogP) is 2.36. The lowest BCUT2D eigenvalue weighted by Gasteiger charge is -2.12. The fourth-order valence-electron chi connectivity index (χ4n) is 1.79. The number of carbonyl (C=O) groups is 1. The van der Waals surface area contributed by atoms with Crippen LogP contribution >= 0.6 is 0 Å². The van der Waals surface area contributed by atoms with Crippen molar-refractivity contribution >= 4 is 17.8 Å². The number of amides is 1. The maximum atomic E-state index is 13.1. The van der Waals surface area contributed by atoms with Crippen LogP contribution in [-0.4, -0.2) is 31.3 Å². The number of nitrogens with one attached hydrogen (secondary N) is 1. The molecule has 0 radical (unpaired) electrons. The molecule has 0 bridgehead atoms. The van der Waals surface area contributed by atoms with E-state index in [1.54, 1.807) is 18.2 Å². The number of nitrogens with zero attached hydrogens (tertiary/aromatic N) is 2. The zero-order chi connectivity index (χ0) is 16.1. The molecule has 2 aromatic carbocycles. The van der Waals surface area contributed by atoms with Crippen molar-refractivity contribution in [3.05, 3.63) is 59.4 Å². The monoisotopic (exact) mass is 301 g/mol. The Kier molecular flexibility index (Phi) is 4.73. The number of para-hydroxylation sites is 1. The Morgan fingerprint density at radius 3 is 2.73 bits per heavy atom. The summed E-state index contributed by atoms with van der Waals surface area (Å²) >= 11 is 0. The van der Waals surface area contributed by atoms with E-state index in [0.29, 0.717) is 5.56 Å². The van der Waals surface area contributed by atoms with E-state index < -0.39 is 17.5 Å². The van der Waals surface area contributed by atoms with Gasteiger partial charge in [-0.3, -0.25) is 4.79 Å². The van der Waals surface area contributed by atoms with E-state index in [9.17, 15) is 14.3 Å². The molecule has 0 spiro atoms. The van der Waals surface area contributed by atoms with Gasteiger partial charge < -0.3 is 10.0 Å². The lowest BCUT2D eigenvalue weighted by Crippen LogP contribution is -2.18. The maximum absolute atomic E-state index is 13.1.